The van der Waals surface area contributed by atoms with Crippen LogP contribution >= 0.6 is 46.8 Å². The van der Waals surface area contributed by atoms with Crippen molar-refractivity contribution in [1.29, 1.82) is 0 Å². The first-order valence-electron chi connectivity index (χ1n) is 12.8. The molecule has 5 rings (SSSR count). The van der Waals surface area contributed by atoms with Crippen LogP contribution in [0.5, 0.6) is 0 Å². The summed E-state index contributed by atoms with van der Waals surface area (Å²) >= 11 is 19.6. The summed E-state index contributed by atoms with van der Waals surface area (Å²) in [4.78, 5) is 29.8. The Kier molecular flexibility index (Phi) is 9.09. The molecule has 41 heavy (non-hydrogen) atoms. The highest BCUT2D eigenvalue weighted by Crippen LogP contribution is 2.30. The maximum absolute atomic E-state index is 12.6. The van der Waals surface area contributed by atoms with Gasteiger partial charge in [-0.2, -0.15) is 0 Å². The molecule has 1 aliphatic rings. The highest BCUT2D eigenvalue weighted by atomic mass is 35.5. The summed E-state index contributed by atoms with van der Waals surface area (Å²) in [7, 11) is 0. The van der Waals surface area contributed by atoms with Gasteiger partial charge in [0.1, 0.15) is 11.5 Å². The standard InChI is InChI=1S/C30H26Cl2N4O3S2/c1-19-4-5-20(17-23(19)31)26-10-7-22(39-26)8-11-28(37)34-30(40)33-21-6-9-25(24(32)18-21)35-12-14-36(15-13-35)29(38)27-3-2-16-41-27/h2-11,16-18H,12-15H2,1H3,(H2,33,34,37,40)/b11-8+. The van der Waals surface area contributed by atoms with Crippen LogP contribution in [0.3, 0.4) is 0 Å². The van der Waals surface area contributed by atoms with Gasteiger partial charge in [-0.25, -0.2) is 0 Å². The lowest BCUT2D eigenvalue weighted by atomic mass is 10.1. The van der Waals surface area contributed by atoms with Crippen LogP contribution in [0.4, 0.5) is 11.4 Å². The minimum absolute atomic E-state index is 0.0669. The van der Waals surface area contributed by atoms with Crippen molar-refractivity contribution in [2.45, 2.75) is 6.92 Å². The van der Waals surface area contributed by atoms with E-state index in [-0.39, 0.29) is 11.0 Å². The fourth-order valence-electron chi connectivity index (χ4n) is 4.37. The largest absolute Gasteiger partial charge is 0.457 e. The Bertz CT molecular complexity index is 1610. The highest BCUT2D eigenvalue weighted by Gasteiger charge is 2.24. The number of rotatable bonds is 6. The molecule has 1 aliphatic heterocycles. The number of hydrogen-bond donors (Lipinski definition) is 2. The van der Waals surface area contributed by atoms with Crippen LogP contribution in [0.15, 0.2) is 76.5 Å². The molecule has 0 unspecified atom stereocenters. The van der Waals surface area contributed by atoms with E-state index >= 15 is 0 Å². The van der Waals surface area contributed by atoms with Crippen molar-refractivity contribution in [3.63, 3.8) is 0 Å². The Balaban J connectivity index is 1.11. The third-order valence-electron chi connectivity index (χ3n) is 6.56. The second-order valence-corrected chi connectivity index (χ2v) is 11.5. The number of piperazine rings is 1. The summed E-state index contributed by atoms with van der Waals surface area (Å²) in [5.74, 6) is 0.830. The number of benzene rings is 2. The van der Waals surface area contributed by atoms with Crippen LogP contribution in [0.1, 0.15) is 21.0 Å². The van der Waals surface area contributed by atoms with Crippen molar-refractivity contribution in [2.24, 2.45) is 0 Å². The Hall–Kier alpha value is -3.63. The van der Waals surface area contributed by atoms with Crippen molar-refractivity contribution in [1.82, 2.24) is 10.2 Å². The normalized spacial score (nSPS) is 13.4. The van der Waals surface area contributed by atoms with E-state index < -0.39 is 5.91 Å². The average molecular weight is 626 g/mol. The smallest absolute Gasteiger partial charge is 0.264 e. The van der Waals surface area contributed by atoms with Gasteiger partial charge in [0, 0.05) is 48.5 Å². The number of aryl methyl sites for hydroxylation is 1. The van der Waals surface area contributed by atoms with Crippen molar-refractivity contribution in [3.05, 3.63) is 98.4 Å². The van der Waals surface area contributed by atoms with Gasteiger partial charge in [0.05, 0.1) is 15.6 Å². The molecule has 7 nitrogen and oxygen atoms in total. The number of carbonyl (C=O) groups excluding carboxylic acids is 2. The molecule has 0 atom stereocenters. The van der Waals surface area contributed by atoms with Crippen LogP contribution in [-0.4, -0.2) is 48.0 Å². The van der Waals surface area contributed by atoms with E-state index in [1.807, 2.05) is 65.7 Å². The molecule has 2 aromatic carbocycles. The summed E-state index contributed by atoms with van der Waals surface area (Å²) in [6, 6.07) is 18.5. The molecule has 2 amide bonds. The summed E-state index contributed by atoms with van der Waals surface area (Å²) in [6.07, 6.45) is 2.91. The number of hydrogen-bond acceptors (Lipinski definition) is 6. The third-order valence-corrected chi connectivity index (χ3v) is 8.34. The molecule has 0 bridgehead atoms. The average Bonchev–Trinajstić information content (AvgIpc) is 3.66. The van der Waals surface area contributed by atoms with E-state index in [1.165, 1.54) is 17.4 Å². The van der Waals surface area contributed by atoms with Gasteiger partial charge in [0.2, 0.25) is 5.91 Å². The Morgan fingerprint density at radius 2 is 1.80 bits per heavy atom. The molecular weight excluding hydrogens is 599 g/mol. The van der Waals surface area contributed by atoms with Crippen LogP contribution in [0, 0.1) is 6.92 Å². The molecule has 0 saturated carbocycles. The zero-order valence-electron chi connectivity index (χ0n) is 22.0. The maximum Gasteiger partial charge on any atom is 0.264 e. The van der Waals surface area contributed by atoms with Gasteiger partial charge in [0.25, 0.3) is 5.91 Å². The van der Waals surface area contributed by atoms with Gasteiger partial charge in [-0.3, -0.25) is 14.9 Å². The molecule has 11 heteroatoms. The van der Waals surface area contributed by atoms with Crippen LogP contribution < -0.4 is 15.5 Å². The van der Waals surface area contributed by atoms with E-state index in [2.05, 4.69) is 15.5 Å². The Labute approximate surface area is 257 Å². The summed E-state index contributed by atoms with van der Waals surface area (Å²) in [5, 5.41) is 8.86. The highest BCUT2D eigenvalue weighted by molar-refractivity contribution is 7.80. The summed E-state index contributed by atoms with van der Waals surface area (Å²) < 4.78 is 5.81. The fraction of sp³-hybridized carbons (Fsp3) is 0.167. The number of nitrogens with one attached hydrogen (secondary N) is 2. The molecule has 0 radical (unpaired) electrons. The summed E-state index contributed by atoms with van der Waals surface area (Å²) in [5.41, 5.74) is 3.36. The minimum atomic E-state index is -0.406. The lowest BCUT2D eigenvalue weighted by molar-refractivity contribution is -0.115. The second-order valence-electron chi connectivity index (χ2n) is 9.37. The molecule has 3 heterocycles. The molecule has 1 fully saturated rings. The molecule has 2 N–H and O–H groups in total. The summed E-state index contributed by atoms with van der Waals surface area (Å²) in [6.45, 7) is 4.54. The van der Waals surface area contributed by atoms with E-state index in [0.717, 1.165) is 21.7 Å². The van der Waals surface area contributed by atoms with Crippen LogP contribution in [-0.2, 0) is 4.79 Å². The number of amides is 2. The number of carbonyl (C=O) groups is 2. The predicted molar refractivity (Wildman–Crippen MR) is 171 cm³/mol. The van der Waals surface area contributed by atoms with Crippen molar-refractivity contribution < 1.29 is 14.0 Å². The first-order valence-corrected chi connectivity index (χ1v) is 14.8. The molecular formula is C30H26Cl2N4O3S2. The maximum atomic E-state index is 12.6. The lowest BCUT2D eigenvalue weighted by Crippen LogP contribution is -2.48. The zero-order chi connectivity index (χ0) is 28.9. The third kappa shape index (κ3) is 7.18. The van der Waals surface area contributed by atoms with E-state index in [1.54, 1.807) is 18.2 Å². The van der Waals surface area contributed by atoms with Gasteiger partial charge in [-0.1, -0.05) is 41.4 Å². The van der Waals surface area contributed by atoms with Crippen molar-refractivity contribution >= 4 is 81.1 Å². The fourth-order valence-corrected chi connectivity index (χ4v) is 5.75. The number of furan rings is 1. The van der Waals surface area contributed by atoms with Gasteiger partial charge in [-0.05, 0) is 78.6 Å². The number of halogens is 2. The van der Waals surface area contributed by atoms with E-state index in [9.17, 15) is 9.59 Å². The first-order chi connectivity index (χ1) is 19.8. The van der Waals surface area contributed by atoms with Crippen LogP contribution in [0.25, 0.3) is 17.4 Å². The second kappa shape index (κ2) is 12.9. The number of thiocarbonyl (C=S) groups is 1. The molecule has 0 aliphatic carbocycles. The number of anilines is 2. The molecule has 4 aromatic rings. The SMILES string of the molecule is Cc1ccc(-c2ccc(/C=C/C(=O)NC(=S)Nc3ccc(N4CCN(C(=O)c5cccs5)CC4)c(Cl)c3)o2)cc1Cl. The van der Waals surface area contributed by atoms with Crippen molar-refractivity contribution in [2.75, 3.05) is 36.4 Å². The first kappa shape index (κ1) is 28.9. The number of thiophene rings is 1. The van der Waals surface area contributed by atoms with Crippen molar-refractivity contribution in [3.8, 4) is 11.3 Å². The molecule has 0 spiro atoms. The molecule has 1 saturated heterocycles. The number of nitrogens with zero attached hydrogens (tertiary/aromatic N) is 2. The van der Waals surface area contributed by atoms with Gasteiger partial charge < -0.3 is 19.5 Å². The zero-order valence-corrected chi connectivity index (χ0v) is 25.2. The van der Waals surface area contributed by atoms with Crippen LogP contribution in [0.2, 0.25) is 10.0 Å². The Morgan fingerprint density at radius 1 is 1.00 bits per heavy atom. The topological polar surface area (TPSA) is 77.8 Å². The quantitative estimate of drug-likeness (QED) is 0.176. The molecule has 2 aromatic heterocycles. The Morgan fingerprint density at radius 3 is 2.51 bits per heavy atom. The monoisotopic (exact) mass is 624 g/mol. The molecule has 210 valence electrons. The minimum Gasteiger partial charge on any atom is -0.457 e. The predicted octanol–water partition coefficient (Wildman–Crippen LogP) is 7.11. The van der Waals surface area contributed by atoms with Gasteiger partial charge >= 0.3 is 0 Å². The van der Waals surface area contributed by atoms with E-state index in [4.69, 9.17) is 39.8 Å². The van der Waals surface area contributed by atoms with Gasteiger partial charge in [0.15, 0.2) is 5.11 Å². The van der Waals surface area contributed by atoms with E-state index in [0.29, 0.717) is 53.4 Å². The lowest BCUT2D eigenvalue weighted by Gasteiger charge is -2.36. The van der Waals surface area contributed by atoms with Gasteiger partial charge in [-0.15, -0.1) is 11.3 Å².